The lowest BCUT2D eigenvalue weighted by molar-refractivity contribution is -0.747. The Hall–Kier alpha value is -4.18. The number of fused-ring (bicyclic) bond motifs is 6. The van der Waals surface area contributed by atoms with E-state index in [2.05, 4.69) is 108 Å². The van der Waals surface area contributed by atoms with Crippen molar-refractivity contribution >= 4 is 23.8 Å². The Morgan fingerprint density at radius 1 is 0.686 bits per heavy atom. The van der Waals surface area contributed by atoms with Crippen LogP contribution in [0.25, 0.3) is 0 Å². The molecule has 35 heavy (non-hydrogen) atoms. The van der Waals surface area contributed by atoms with Gasteiger partial charge in [-0.3, -0.25) is 0 Å². The molecule has 0 saturated carbocycles. The maximum Gasteiger partial charge on any atom is 0.517 e. The summed E-state index contributed by atoms with van der Waals surface area (Å²) in [6, 6.07) is 33.5. The molecule has 172 valence electrons. The second-order valence-corrected chi connectivity index (χ2v) is 9.46. The molecule has 4 nitrogen and oxygen atoms in total. The van der Waals surface area contributed by atoms with Crippen molar-refractivity contribution in [3.63, 3.8) is 0 Å². The van der Waals surface area contributed by atoms with Crippen LogP contribution >= 0.6 is 0 Å². The van der Waals surface area contributed by atoms with Gasteiger partial charge in [0.05, 0.1) is 18.2 Å². The number of rotatable bonds is 2. The Bertz CT molecular complexity index is 1490. The minimum Gasteiger partial charge on any atom is -0.496 e. The molecule has 2 heterocycles. The third-order valence-corrected chi connectivity index (χ3v) is 7.02. The fourth-order valence-electron chi connectivity index (χ4n) is 5.22. The molecule has 0 N–H and O–H groups in total. The first-order chi connectivity index (χ1) is 17.1. The minimum atomic E-state index is -0.435. The van der Waals surface area contributed by atoms with Crippen molar-refractivity contribution < 1.29 is 18.6 Å². The smallest absolute Gasteiger partial charge is 0.496 e. The average Bonchev–Trinajstić information content (AvgIpc) is 2.91. The van der Waals surface area contributed by atoms with E-state index in [0.717, 1.165) is 39.6 Å². The highest BCUT2D eigenvalue weighted by atomic mass is 16.5. The van der Waals surface area contributed by atoms with Crippen LogP contribution in [0, 0.1) is 0 Å². The van der Waals surface area contributed by atoms with E-state index in [4.69, 9.17) is 9.47 Å². The van der Waals surface area contributed by atoms with Gasteiger partial charge in [0.15, 0.2) is 12.4 Å². The second-order valence-electron chi connectivity index (χ2n) is 9.46. The van der Waals surface area contributed by atoms with Gasteiger partial charge in [0, 0.05) is 34.7 Å². The van der Waals surface area contributed by atoms with Crippen molar-refractivity contribution in [2.75, 3.05) is 7.11 Å². The van der Waals surface area contributed by atoms with E-state index in [1.54, 1.807) is 7.11 Å². The summed E-state index contributed by atoms with van der Waals surface area (Å²) in [6.07, 6.45) is 3.91. The zero-order chi connectivity index (χ0) is 24.0. The number of methoxy groups -OCH3 is 1. The highest BCUT2D eigenvalue weighted by Crippen LogP contribution is 2.44. The predicted molar refractivity (Wildman–Crippen MR) is 139 cm³/mol. The lowest BCUT2D eigenvalue weighted by Gasteiger charge is -2.30. The lowest BCUT2D eigenvalue weighted by Crippen LogP contribution is -2.43. The largest absolute Gasteiger partial charge is 0.517 e. The minimum absolute atomic E-state index is 0.309. The zero-order valence-corrected chi connectivity index (χ0v) is 20.2. The van der Waals surface area contributed by atoms with Gasteiger partial charge in [0.2, 0.25) is 11.4 Å². The summed E-state index contributed by atoms with van der Waals surface area (Å²) < 4.78 is 17.2. The first-order valence-corrected chi connectivity index (χ1v) is 11.9. The van der Waals surface area contributed by atoms with E-state index >= 15 is 0 Å². The van der Waals surface area contributed by atoms with Crippen molar-refractivity contribution in [3.8, 4) is 11.5 Å². The average molecular weight is 461 g/mol. The van der Waals surface area contributed by atoms with E-state index in [9.17, 15) is 0 Å². The number of ether oxygens (including phenoxy) is 2. The van der Waals surface area contributed by atoms with E-state index in [0.29, 0.717) is 0 Å². The fourth-order valence-corrected chi connectivity index (χ4v) is 5.22. The molecule has 0 amide bonds. The van der Waals surface area contributed by atoms with Gasteiger partial charge in [-0.2, -0.15) is 0 Å². The van der Waals surface area contributed by atoms with Crippen LogP contribution in [0.5, 0.6) is 11.5 Å². The van der Waals surface area contributed by atoms with Crippen molar-refractivity contribution in [3.05, 3.63) is 119 Å². The Labute approximate surface area is 206 Å². The Morgan fingerprint density at radius 2 is 1.34 bits per heavy atom. The maximum absolute atomic E-state index is 6.75. The van der Waals surface area contributed by atoms with Crippen LogP contribution in [0.15, 0.2) is 97.1 Å². The standard InChI is InChI=1S/C31H28N2O2/c1-31(2)25-16-8-9-18-27(25)33-20-22-12-7-10-19-28(22)35-30(33)32(24-14-5-4-6-15-24)21-23-13-11-17-26(31)29(23)34-3/h4-21,30H,1-3H3/q+2/b32-21-/t30-/m0/s1. The van der Waals surface area contributed by atoms with Crippen molar-refractivity contribution in [2.24, 2.45) is 0 Å². The first kappa shape index (κ1) is 21.4. The van der Waals surface area contributed by atoms with Gasteiger partial charge in [0.1, 0.15) is 11.5 Å². The molecular weight excluding hydrogens is 432 g/mol. The van der Waals surface area contributed by atoms with Gasteiger partial charge in [-0.15, -0.1) is 0 Å². The Balaban J connectivity index is 1.75. The number of hydrogen-bond donors (Lipinski definition) is 0. The third kappa shape index (κ3) is 3.45. The summed E-state index contributed by atoms with van der Waals surface area (Å²) in [5.41, 5.74) is 6.22. The molecular formula is C31H28N2O2+2. The van der Waals surface area contributed by atoms with Gasteiger partial charge in [-0.05, 0) is 18.2 Å². The van der Waals surface area contributed by atoms with Gasteiger partial charge >= 0.3 is 6.35 Å². The number of nitrogens with zero attached hydrogens (tertiary/aromatic N) is 2. The molecule has 0 fully saturated rings. The fraction of sp³-hybridized carbons (Fsp3) is 0.161. The third-order valence-electron chi connectivity index (χ3n) is 7.02. The zero-order valence-electron chi connectivity index (χ0n) is 20.2. The van der Waals surface area contributed by atoms with Crippen molar-refractivity contribution in [1.29, 1.82) is 0 Å². The molecule has 0 aliphatic carbocycles. The number of hydrogen-bond acceptors (Lipinski definition) is 2. The molecule has 2 bridgehead atoms. The molecule has 0 radical (unpaired) electrons. The van der Waals surface area contributed by atoms with Crippen LogP contribution in [0.4, 0.5) is 11.4 Å². The molecule has 4 aromatic carbocycles. The summed E-state index contributed by atoms with van der Waals surface area (Å²) in [6.45, 7) is 4.52. The summed E-state index contributed by atoms with van der Waals surface area (Å²) in [5.74, 6) is 1.74. The summed E-state index contributed by atoms with van der Waals surface area (Å²) in [5, 5.41) is 0. The van der Waals surface area contributed by atoms with E-state index in [-0.39, 0.29) is 5.41 Å². The van der Waals surface area contributed by atoms with Crippen LogP contribution in [0.3, 0.4) is 0 Å². The predicted octanol–water partition coefficient (Wildman–Crippen LogP) is 6.24. The van der Waals surface area contributed by atoms with Crippen molar-refractivity contribution in [1.82, 2.24) is 0 Å². The van der Waals surface area contributed by atoms with Crippen LogP contribution < -0.4 is 9.47 Å². The second kappa shape index (κ2) is 8.24. The number of benzene rings is 4. The van der Waals surface area contributed by atoms with Gasteiger partial charge in [0.25, 0.3) is 0 Å². The molecule has 0 unspecified atom stereocenters. The normalized spacial score (nSPS) is 19.0. The lowest BCUT2D eigenvalue weighted by atomic mass is 9.76. The van der Waals surface area contributed by atoms with E-state index < -0.39 is 6.35 Å². The van der Waals surface area contributed by atoms with Crippen LogP contribution in [0.1, 0.15) is 36.1 Å². The van der Waals surface area contributed by atoms with Crippen LogP contribution in [0.2, 0.25) is 0 Å². The Kier molecular flexibility index (Phi) is 5.03. The monoisotopic (exact) mass is 460 g/mol. The van der Waals surface area contributed by atoms with Gasteiger partial charge in [-0.1, -0.05) is 83.7 Å². The van der Waals surface area contributed by atoms with E-state index in [1.807, 2.05) is 24.3 Å². The molecule has 2 aliphatic rings. The maximum atomic E-state index is 6.75. The molecule has 6 rings (SSSR count). The Morgan fingerprint density at radius 3 is 2.17 bits per heavy atom. The summed E-state index contributed by atoms with van der Waals surface area (Å²) in [7, 11) is 1.75. The summed E-state index contributed by atoms with van der Waals surface area (Å²) >= 11 is 0. The first-order valence-electron chi connectivity index (χ1n) is 11.9. The molecule has 4 heteroatoms. The highest BCUT2D eigenvalue weighted by molar-refractivity contribution is 5.84. The quantitative estimate of drug-likeness (QED) is 0.331. The molecule has 1 atom stereocenters. The number of para-hydroxylation sites is 4. The topological polar surface area (TPSA) is 24.5 Å². The van der Waals surface area contributed by atoms with Crippen molar-refractivity contribution in [2.45, 2.75) is 25.6 Å². The van der Waals surface area contributed by atoms with Gasteiger partial charge in [-0.25, -0.2) is 0 Å². The molecule has 4 aromatic rings. The molecule has 0 aromatic heterocycles. The van der Waals surface area contributed by atoms with Gasteiger partial charge < -0.3 is 9.47 Å². The SMILES string of the molecule is COc1c2cccc1C(C)(C)c1ccccc1[N+]1=Cc3ccccc3O[C@H]1/[N+](c1ccccc1)=C\2. The summed E-state index contributed by atoms with van der Waals surface area (Å²) in [4.78, 5) is 0. The molecule has 0 saturated heterocycles. The molecule has 0 spiro atoms. The molecule has 2 aliphatic heterocycles. The van der Waals surface area contributed by atoms with E-state index in [1.165, 1.54) is 5.56 Å². The van der Waals surface area contributed by atoms with Crippen LogP contribution in [-0.2, 0) is 5.41 Å². The highest BCUT2D eigenvalue weighted by Gasteiger charge is 2.45. The van der Waals surface area contributed by atoms with Crippen LogP contribution in [-0.4, -0.2) is 35.0 Å².